The van der Waals surface area contributed by atoms with Gasteiger partial charge in [-0.3, -0.25) is 4.79 Å². The summed E-state index contributed by atoms with van der Waals surface area (Å²) in [6, 6.07) is 16.1. The molecule has 3 rings (SSSR count). The first-order chi connectivity index (χ1) is 10.2. The second kappa shape index (κ2) is 5.76. The fraction of sp³-hybridized carbons (Fsp3) is 0. The highest BCUT2D eigenvalue weighted by molar-refractivity contribution is 6.33. The molecule has 5 nitrogen and oxygen atoms in total. The maximum atomic E-state index is 12.0. The number of aromatic nitrogens is 2. The largest absolute Gasteiger partial charge is 0.412 e. The van der Waals surface area contributed by atoms with E-state index < -0.39 is 5.91 Å². The Morgan fingerprint density at radius 3 is 2.48 bits per heavy atom. The third-order valence-corrected chi connectivity index (χ3v) is 3.09. The van der Waals surface area contributed by atoms with Gasteiger partial charge in [-0.1, -0.05) is 41.9 Å². The van der Waals surface area contributed by atoms with Crippen molar-refractivity contribution in [2.24, 2.45) is 0 Å². The predicted octanol–water partition coefficient (Wildman–Crippen LogP) is 3.64. The molecule has 0 unspecified atom stereocenters. The lowest BCUT2D eigenvalue weighted by Crippen LogP contribution is -2.12. The lowest BCUT2D eigenvalue weighted by atomic mass is 10.2. The molecule has 0 bridgehead atoms. The number of nitrogens with one attached hydrogen (secondary N) is 1. The molecule has 1 aromatic heterocycles. The summed E-state index contributed by atoms with van der Waals surface area (Å²) in [6.45, 7) is 0. The molecule has 0 fully saturated rings. The molecule has 2 aromatic carbocycles. The minimum Gasteiger partial charge on any atom is -0.412 e. The zero-order valence-electron chi connectivity index (χ0n) is 10.8. The summed E-state index contributed by atoms with van der Waals surface area (Å²) in [5, 5.41) is 10.7. The van der Waals surface area contributed by atoms with E-state index in [1.165, 1.54) is 0 Å². The molecule has 3 aromatic rings. The first-order valence-electron chi connectivity index (χ1n) is 6.19. The van der Waals surface area contributed by atoms with Crippen molar-refractivity contribution in [2.75, 3.05) is 5.32 Å². The van der Waals surface area contributed by atoms with Crippen LogP contribution in [0.4, 0.5) is 5.69 Å². The number of carbonyl (C=O) groups excluding carboxylic acids is 1. The average Bonchev–Trinajstić information content (AvgIpc) is 3.00. The molecule has 0 aliphatic rings. The first-order valence-corrected chi connectivity index (χ1v) is 6.56. The van der Waals surface area contributed by atoms with Gasteiger partial charge in [-0.05, 0) is 24.3 Å². The number of hydrogen-bond acceptors (Lipinski definition) is 4. The first kappa shape index (κ1) is 13.3. The third kappa shape index (κ3) is 2.93. The number of rotatable bonds is 3. The van der Waals surface area contributed by atoms with E-state index in [9.17, 15) is 4.79 Å². The van der Waals surface area contributed by atoms with E-state index in [4.69, 9.17) is 16.0 Å². The Labute approximate surface area is 125 Å². The van der Waals surface area contributed by atoms with Crippen LogP contribution in [0.1, 0.15) is 10.7 Å². The van der Waals surface area contributed by atoms with Gasteiger partial charge in [0.2, 0.25) is 5.89 Å². The molecule has 6 heteroatoms. The molecular formula is C15H10ClN3O2. The SMILES string of the molecule is O=C(Nc1ccccc1Cl)c1nnc(-c2ccccc2)o1. The summed E-state index contributed by atoms with van der Waals surface area (Å²) in [5.74, 6) is -0.327. The molecule has 1 N–H and O–H groups in total. The summed E-state index contributed by atoms with van der Waals surface area (Å²) >= 11 is 5.98. The molecule has 1 amide bonds. The number of benzene rings is 2. The monoisotopic (exact) mass is 299 g/mol. The van der Waals surface area contributed by atoms with Crippen LogP contribution in [0.2, 0.25) is 5.02 Å². The molecule has 104 valence electrons. The Morgan fingerprint density at radius 1 is 1.00 bits per heavy atom. The van der Waals surface area contributed by atoms with Gasteiger partial charge in [-0.15, -0.1) is 10.2 Å². The molecule has 21 heavy (non-hydrogen) atoms. The van der Waals surface area contributed by atoms with Crippen LogP contribution in [0.5, 0.6) is 0 Å². The summed E-state index contributed by atoms with van der Waals surface area (Å²) in [5.41, 5.74) is 1.24. The molecule has 0 saturated carbocycles. The Hall–Kier alpha value is -2.66. The number of nitrogens with zero attached hydrogens (tertiary/aromatic N) is 2. The van der Waals surface area contributed by atoms with Gasteiger partial charge in [0, 0.05) is 5.56 Å². The number of hydrogen-bond donors (Lipinski definition) is 1. The van der Waals surface area contributed by atoms with E-state index in [0.717, 1.165) is 5.56 Å². The molecule has 1 heterocycles. The topological polar surface area (TPSA) is 68.0 Å². The fourth-order valence-electron chi connectivity index (χ4n) is 1.75. The van der Waals surface area contributed by atoms with E-state index in [1.807, 2.05) is 30.3 Å². The third-order valence-electron chi connectivity index (χ3n) is 2.76. The van der Waals surface area contributed by atoms with Crippen molar-refractivity contribution in [2.45, 2.75) is 0 Å². The summed E-state index contributed by atoms with van der Waals surface area (Å²) in [7, 11) is 0. The lowest BCUT2D eigenvalue weighted by molar-refractivity contribution is 0.0991. The summed E-state index contributed by atoms with van der Waals surface area (Å²) < 4.78 is 5.37. The van der Waals surface area contributed by atoms with E-state index in [1.54, 1.807) is 24.3 Å². The van der Waals surface area contributed by atoms with Crippen LogP contribution < -0.4 is 5.32 Å². The van der Waals surface area contributed by atoms with Crippen LogP contribution in [0.3, 0.4) is 0 Å². The Morgan fingerprint density at radius 2 is 1.71 bits per heavy atom. The summed E-state index contributed by atoms with van der Waals surface area (Å²) in [4.78, 5) is 12.0. The molecule has 0 aliphatic carbocycles. The van der Waals surface area contributed by atoms with Gasteiger partial charge >= 0.3 is 11.8 Å². The Kier molecular flexibility index (Phi) is 3.66. The van der Waals surface area contributed by atoms with Crippen molar-refractivity contribution in [3.63, 3.8) is 0 Å². The van der Waals surface area contributed by atoms with E-state index >= 15 is 0 Å². The second-order valence-corrected chi connectivity index (χ2v) is 4.62. The van der Waals surface area contributed by atoms with Crippen LogP contribution in [0.25, 0.3) is 11.5 Å². The highest BCUT2D eigenvalue weighted by Crippen LogP contribution is 2.22. The smallest absolute Gasteiger partial charge is 0.313 e. The van der Waals surface area contributed by atoms with Gasteiger partial charge in [0.25, 0.3) is 0 Å². The van der Waals surface area contributed by atoms with Crippen LogP contribution in [0, 0.1) is 0 Å². The van der Waals surface area contributed by atoms with Crippen LogP contribution in [0.15, 0.2) is 59.0 Å². The molecule has 0 atom stereocenters. The van der Waals surface area contributed by atoms with E-state index in [-0.39, 0.29) is 5.89 Å². The second-order valence-electron chi connectivity index (χ2n) is 4.21. The lowest BCUT2D eigenvalue weighted by Gasteiger charge is -2.03. The summed E-state index contributed by atoms with van der Waals surface area (Å²) in [6.07, 6.45) is 0. The highest BCUT2D eigenvalue weighted by atomic mass is 35.5. The van der Waals surface area contributed by atoms with Crippen molar-refractivity contribution in [3.05, 3.63) is 65.5 Å². The van der Waals surface area contributed by atoms with Gasteiger partial charge < -0.3 is 9.73 Å². The van der Waals surface area contributed by atoms with Crippen molar-refractivity contribution in [1.29, 1.82) is 0 Å². The van der Waals surface area contributed by atoms with Gasteiger partial charge in [-0.2, -0.15) is 0 Å². The average molecular weight is 300 g/mol. The zero-order valence-corrected chi connectivity index (χ0v) is 11.5. The minimum absolute atomic E-state index is 0.117. The maximum absolute atomic E-state index is 12.0. The molecular weight excluding hydrogens is 290 g/mol. The standard InChI is InChI=1S/C15H10ClN3O2/c16-11-8-4-5-9-12(11)17-13(20)15-19-18-14(21-15)10-6-2-1-3-7-10/h1-9H,(H,17,20). The Balaban J connectivity index is 1.80. The number of amides is 1. The highest BCUT2D eigenvalue weighted by Gasteiger charge is 2.16. The van der Waals surface area contributed by atoms with Gasteiger partial charge in [0.15, 0.2) is 0 Å². The van der Waals surface area contributed by atoms with Gasteiger partial charge in [0.05, 0.1) is 10.7 Å². The van der Waals surface area contributed by atoms with Crippen molar-refractivity contribution in [1.82, 2.24) is 10.2 Å². The number of anilines is 1. The zero-order chi connectivity index (χ0) is 14.7. The number of carbonyl (C=O) groups is 1. The Bertz CT molecular complexity index is 771. The predicted molar refractivity (Wildman–Crippen MR) is 79.1 cm³/mol. The maximum Gasteiger partial charge on any atom is 0.313 e. The van der Waals surface area contributed by atoms with Crippen molar-refractivity contribution in [3.8, 4) is 11.5 Å². The van der Waals surface area contributed by atoms with Gasteiger partial charge in [0.1, 0.15) is 0 Å². The van der Waals surface area contributed by atoms with Crippen molar-refractivity contribution < 1.29 is 9.21 Å². The molecule has 0 spiro atoms. The minimum atomic E-state index is -0.502. The molecule has 0 aliphatic heterocycles. The molecule has 0 radical (unpaired) electrons. The van der Waals surface area contributed by atoms with Crippen LogP contribution in [-0.2, 0) is 0 Å². The van der Waals surface area contributed by atoms with Crippen LogP contribution >= 0.6 is 11.6 Å². The number of para-hydroxylation sites is 1. The quantitative estimate of drug-likeness (QED) is 0.801. The van der Waals surface area contributed by atoms with Crippen LogP contribution in [-0.4, -0.2) is 16.1 Å². The van der Waals surface area contributed by atoms with E-state index in [2.05, 4.69) is 15.5 Å². The van der Waals surface area contributed by atoms with Crippen molar-refractivity contribution >= 4 is 23.2 Å². The normalized spacial score (nSPS) is 10.3. The van der Waals surface area contributed by atoms with E-state index in [0.29, 0.717) is 16.6 Å². The van der Waals surface area contributed by atoms with Gasteiger partial charge in [-0.25, -0.2) is 0 Å². The molecule has 0 saturated heterocycles. The number of halogens is 1. The fourth-order valence-corrected chi connectivity index (χ4v) is 1.93.